The molecule has 1 aliphatic rings. The second-order valence-electron chi connectivity index (χ2n) is 3.49. The van der Waals surface area contributed by atoms with Crippen molar-refractivity contribution in [3.05, 3.63) is 5.82 Å². The van der Waals surface area contributed by atoms with Crippen molar-refractivity contribution in [2.45, 2.75) is 38.3 Å². The molecular formula is C8H14N4O. The van der Waals surface area contributed by atoms with Crippen LogP contribution in [0.2, 0.25) is 0 Å². The molecule has 72 valence electrons. The Bertz CT molecular complexity index is 285. The molecular weight excluding hydrogens is 168 g/mol. The number of hydrogen-bond acceptors (Lipinski definition) is 5. The van der Waals surface area contributed by atoms with Crippen LogP contribution in [0.15, 0.2) is 4.52 Å². The predicted octanol–water partition coefficient (Wildman–Crippen LogP) is 0.670. The van der Waals surface area contributed by atoms with Crippen LogP contribution in [0, 0.1) is 6.92 Å². The van der Waals surface area contributed by atoms with Crippen LogP contribution in [-0.4, -0.2) is 22.2 Å². The zero-order valence-corrected chi connectivity index (χ0v) is 7.66. The fourth-order valence-corrected chi connectivity index (χ4v) is 1.68. The highest BCUT2D eigenvalue weighted by molar-refractivity contribution is 5.22. The summed E-state index contributed by atoms with van der Waals surface area (Å²) in [6.07, 6.45) is 3.33. The topological polar surface area (TPSA) is 77.0 Å². The molecule has 1 aliphatic carbocycles. The highest BCUT2D eigenvalue weighted by Gasteiger charge is 2.24. The maximum absolute atomic E-state index is 5.88. The van der Waals surface area contributed by atoms with E-state index in [4.69, 9.17) is 10.3 Å². The summed E-state index contributed by atoms with van der Waals surface area (Å²) in [4.78, 5) is 4.06. The van der Waals surface area contributed by atoms with Crippen molar-refractivity contribution in [1.29, 1.82) is 0 Å². The van der Waals surface area contributed by atoms with Gasteiger partial charge < -0.3 is 15.6 Å². The zero-order chi connectivity index (χ0) is 9.26. The van der Waals surface area contributed by atoms with Crippen LogP contribution in [0.1, 0.15) is 25.1 Å². The Morgan fingerprint density at radius 1 is 1.54 bits per heavy atom. The number of nitrogens with one attached hydrogen (secondary N) is 1. The monoisotopic (exact) mass is 182 g/mol. The van der Waals surface area contributed by atoms with Gasteiger partial charge in [0.25, 0.3) is 0 Å². The minimum absolute atomic E-state index is 0.215. The summed E-state index contributed by atoms with van der Waals surface area (Å²) < 4.78 is 4.95. The molecule has 1 heterocycles. The third kappa shape index (κ3) is 1.80. The summed E-state index contributed by atoms with van der Waals surface area (Å²) in [5.74, 6) is 0.647. The van der Waals surface area contributed by atoms with Gasteiger partial charge in [0.05, 0.1) is 0 Å². The second-order valence-corrected chi connectivity index (χ2v) is 3.49. The smallest absolute Gasteiger partial charge is 0.321 e. The Kier molecular flexibility index (Phi) is 2.18. The summed E-state index contributed by atoms with van der Waals surface area (Å²) in [6, 6.07) is 0.993. The molecule has 5 heteroatoms. The van der Waals surface area contributed by atoms with Crippen molar-refractivity contribution in [3.8, 4) is 0 Å². The van der Waals surface area contributed by atoms with Crippen LogP contribution in [-0.2, 0) is 0 Å². The van der Waals surface area contributed by atoms with E-state index in [1.54, 1.807) is 6.92 Å². The van der Waals surface area contributed by atoms with Gasteiger partial charge in [-0.1, -0.05) is 5.16 Å². The number of aromatic nitrogens is 2. The Morgan fingerprint density at radius 2 is 2.38 bits per heavy atom. The first kappa shape index (κ1) is 8.50. The van der Waals surface area contributed by atoms with Gasteiger partial charge in [-0.05, 0) is 26.2 Å². The molecule has 13 heavy (non-hydrogen) atoms. The molecule has 3 N–H and O–H groups in total. The second kappa shape index (κ2) is 3.33. The lowest BCUT2D eigenvalue weighted by Crippen LogP contribution is -2.35. The molecule has 2 atom stereocenters. The number of nitrogens with two attached hydrogens (primary N) is 1. The molecule has 0 bridgehead atoms. The van der Waals surface area contributed by atoms with E-state index >= 15 is 0 Å². The molecule has 1 aromatic heterocycles. The molecule has 1 aromatic rings. The van der Waals surface area contributed by atoms with Gasteiger partial charge in [0.2, 0.25) is 0 Å². The minimum atomic E-state index is 0.215. The van der Waals surface area contributed by atoms with E-state index in [1.807, 2.05) is 0 Å². The quantitative estimate of drug-likeness (QED) is 0.703. The van der Waals surface area contributed by atoms with Crippen molar-refractivity contribution >= 4 is 6.01 Å². The SMILES string of the molecule is Cc1noc(NC2CCCC2N)n1. The van der Waals surface area contributed by atoms with E-state index in [1.165, 1.54) is 6.42 Å². The lowest BCUT2D eigenvalue weighted by Gasteiger charge is -2.14. The third-order valence-corrected chi connectivity index (χ3v) is 2.41. The zero-order valence-electron chi connectivity index (χ0n) is 7.66. The predicted molar refractivity (Wildman–Crippen MR) is 48.3 cm³/mol. The molecule has 0 aliphatic heterocycles. The molecule has 1 fully saturated rings. The van der Waals surface area contributed by atoms with Crippen molar-refractivity contribution in [3.63, 3.8) is 0 Å². The average molecular weight is 182 g/mol. The van der Waals surface area contributed by atoms with Gasteiger partial charge in [0.1, 0.15) is 0 Å². The number of nitrogens with zero attached hydrogens (tertiary/aromatic N) is 2. The van der Waals surface area contributed by atoms with E-state index in [-0.39, 0.29) is 6.04 Å². The first-order valence-corrected chi connectivity index (χ1v) is 4.58. The highest BCUT2D eigenvalue weighted by Crippen LogP contribution is 2.20. The van der Waals surface area contributed by atoms with Gasteiger partial charge in [-0.3, -0.25) is 0 Å². The maximum atomic E-state index is 5.88. The fraction of sp³-hybridized carbons (Fsp3) is 0.750. The van der Waals surface area contributed by atoms with E-state index < -0.39 is 0 Å². The van der Waals surface area contributed by atoms with Crippen LogP contribution >= 0.6 is 0 Å². The van der Waals surface area contributed by atoms with Crippen LogP contribution in [0.4, 0.5) is 6.01 Å². The first-order chi connectivity index (χ1) is 6.25. The van der Waals surface area contributed by atoms with Crippen LogP contribution in [0.5, 0.6) is 0 Å². The normalized spacial score (nSPS) is 27.8. The number of rotatable bonds is 2. The Labute approximate surface area is 76.7 Å². The third-order valence-electron chi connectivity index (χ3n) is 2.41. The summed E-state index contributed by atoms with van der Waals surface area (Å²) in [6.45, 7) is 1.79. The molecule has 0 radical (unpaired) electrons. The lowest BCUT2D eigenvalue weighted by molar-refractivity contribution is 0.419. The summed E-state index contributed by atoms with van der Waals surface area (Å²) in [5, 5.41) is 6.84. The van der Waals surface area contributed by atoms with Crippen molar-refractivity contribution in [1.82, 2.24) is 10.1 Å². The van der Waals surface area contributed by atoms with Crippen molar-refractivity contribution in [2.24, 2.45) is 5.73 Å². The van der Waals surface area contributed by atoms with E-state index in [0.717, 1.165) is 12.8 Å². The summed E-state index contributed by atoms with van der Waals surface area (Å²) in [5.41, 5.74) is 5.88. The average Bonchev–Trinajstić information content (AvgIpc) is 2.64. The highest BCUT2D eigenvalue weighted by atomic mass is 16.5. The fourth-order valence-electron chi connectivity index (χ4n) is 1.68. The molecule has 2 rings (SSSR count). The van der Waals surface area contributed by atoms with E-state index in [0.29, 0.717) is 17.9 Å². The molecule has 5 nitrogen and oxygen atoms in total. The largest absolute Gasteiger partial charge is 0.333 e. The Morgan fingerprint density at radius 3 is 2.92 bits per heavy atom. The first-order valence-electron chi connectivity index (χ1n) is 4.58. The van der Waals surface area contributed by atoms with Crippen molar-refractivity contribution in [2.75, 3.05) is 5.32 Å². The van der Waals surface area contributed by atoms with Crippen molar-refractivity contribution < 1.29 is 4.52 Å². The number of anilines is 1. The van der Waals surface area contributed by atoms with Gasteiger partial charge in [-0.2, -0.15) is 4.98 Å². The standard InChI is InChI=1S/C8H14N4O/c1-5-10-8(13-12-5)11-7-4-2-3-6(7)9/h6-7H,2-4,9H2,1H3,(H,10,11,12). The van der Waals surface area contributed by atoms with Gasteiger partial charge >= 0.3 is 6.01 Å². The molecule has 0 aromatic carbocycles. The Balaban J connectivity index is 1.97. The lowest BCUT2D eigenvalue weighted by atomic mass is 10.2. The van der Waals surface area contributed by atoms with Crippen LogP contribution in [0.25, 0.3) is 0 Å². The molecule has 0 saturated heterocycles. The minimum Gasteiger partial charge on any atom is -0.333 e. The molecule has 0 spiro atoms. The van der Waals surface area contributed by atoms with Gasteiger partial charge in [0.15, 0.2) is 5.82 Å². The summed E-state index contributed by atoms with van der Waals surface area (Å²) in [7, 11) is 0. The van der Waals surface area contributed by atoms with Gasteiger partial charge in [-0.25, -0.2) is 0 Å². The van der Waals surface area contributed by atoms with E-state index in [2.05, 4.69) is 15.5 Å². The van der Waals surface area contributed by atoms with Crippen LogP contribution in [0.3, 0.4) is 0 Å². The van der Waals surface area contributed by atoms with E-state index in [9.17, 15) is 0 Å². The maximum Gasteiger partial charge on any atom is 0.321 e. The number of hydrogen-bond donors (Lipinski definition) is 2. The number of aryl methyl sites for hydroxylation is 1. The van der Waals surface area contributed by atoms with Crippen LogP contribution < -0.4 is 11.1 Å². The molecule has 0 amide bonds. The van der Waals surface area contributed by atoms with Gasteiger partial charge in [0, 0.05) is 12.1 Å². The molecule has 2 unspecified atom stereocenters. The van der Waals surface area contributed by atoms with Gasteiger partial charge in [-0.15, -0.1) is 0 Å². The molecule has 1 saturated carbocycles. The Hall–Kier alpha value is -1.10. The summed E-state index contributed by atoms with van der Waals surface area (Å²) >= 11 is 0.